The van der Waals surface area contributed by atoms with Crippen LogP contribution in [0.5, 0.6) is 0 Å². The minimum absolute atomic E-state index is 0.0638. The lowest BCUT2D eigenvalue weighted by atomic mass is 10.0. The van der Waals surface area contributed by atoms with Crippen LogP contribution in [-0.4, -0.2) is 37.2 Å². The van der Waals surface area contributed by atoms with Crippen molar-refractivity contribution in [1.82, 2.24) is 0 Å². The molecule has 0 radical (unpaired) electrons. The van der Waals surface area contributed by atoms with Crippen molar-refractivity contribution in [2.75, 3.05) is 13.2 Å². The van der Waals surface area contributed by atoms with Gasteiger partial charge in [-0.15, -0.1) is 0 Å². The van der Waals surface area contributed by atoms with Crippen molar-refractivity contribution in [2.24, 2.45) is 11.8 Å². The molecule has 0 saturated heterocycles. The van der Waals surface area contributed by atoms with Gasteiger partial charge in [0.05, 0.1) is 0 Å². The third-order valence-electron chi connectivity index (χ3n) is 11.7. The van der Waals surface area contributed by atoms with Crippen molar-refractivity contribution in [3.8, 4) is 0 Å². The summed E-state index contributed by atoms with van der Waals surface area (Å²) in [4.78, 5) is 37.9. The van der Waals surface area contributed by atoms with Crippen molar-refractivity contribution in [3.05, 3.63) is 0 Å². The molecule has 0 aliphatic rings. The molecule has 6 nitrogen and oxygen atoms in total. The van der Waals surface area contributed by atoms with E-state index in [1.807, 2.05) is 0 Å². The molecule has 1 atom stereocenters. The molecule has 0 unspecified atom stereocenters. The Bertz CT molecular complexity index is 885. The molecule has 0 aliphatic heterocycles. The second kappa shape index (κ2) is 44.9. The van der Waals surface area contributed by atoms with E-state index in [0.29, 0.717) is 19.3 Å². The summed E-state index contributed by atoms with van der Waals surface area (Å²) in [5, 5.41) is 0. The minimum Gasteiger partial charge on any atom is -0.462 e. The first-order valence-electron chi connectivity index (χ1n) is 25.7. The molecule has 0 heterocycles. The molecule has 0 aromatic rings. The minimum atomic E-state index is -0.760. The number of ether oxygens (including phenoxy) is 3. The van der Waals surface area contributed by atoms with Crippen molar-refractivity contribution in [1.29, 1.82) is 0 Å². The van der Waals surface area contributed by atoms with E-state index in [9.17, 15) is 14.4 Å². The summed E-state index contributed by atoms with van der Waals surface area (Å²) >= 11 is 0. The number of unbranched alkanes of at least 4 members (excludes halogenated alkanes) is 31. The Morgan fingerprint density at radius 1 is 0.328 bits per heavy atom. The highest BCUT2D eigenvalue weighted by Crippen LogP contribution is 2.17. The molecular formula is C52H100O6. The molecule has 58 heavy (non-hydrogen) atoms. The Morgan fingerprint density at radius 3 is 0.845 bits per heavy atom. The van der Waals surface area contributed by atoms with Gasteiger partial charge in [-0.25, -0.2) is 0 Å². The van der Waals surface area contributed by atoms with E-state index in [2.05, 4.69) is 34.6 Å². The smallest absolute Gasteiger partial charge is 0.306 e. The standard InChI is InChI=1S/C52H100O6/c1-6-7-8-9-10-20-29-34-39-44-52(55)58-49(46-57-51(54)43-38-33-28-24-19-15-14-17-22-26-31-36-41-48(4)5)45-56-50(53)42-37-32-27-23-18-13-11-12-16-21-25-30-35-40-47(2)3/h47-49H,6-46H2,1-5H3/t49-/m1/s1. The highest BCUT2D eigenvalue weighted by molar-refractivity contribution is 5.71. The normalized spacial score (nSPS) is 12.1. The van der Waals surface area contributed by atoms with Crippen LogP contribution in [-0.2, 0) is 28.6 Å². The van der Waals surface area contributed by atoms with Gasteiger partial charge in [-0.05, 0) is 31.1 Å². The SMILES string of the molecule is CCCCCCCCCCCC(=O)O[C@H](COC(=O)CCCCCCCCCCCCCCCC(C)C)COC(=O)CCCCCCCCCCCCCCC(C)C. The van der Waals surface area contributed by atoms with E-state index in [-0.39, 0.29) is 31.1 Å². The second-order valence-corrected chi connectivity index (χ2v) is 18.8. The van der Waals surface area contributed by atoms with Gasteiger partial charge in [-0.1, -0.05) is 247 Å². The molecule has 0 bridgehead atoms. The van der Waals surface area contributed by atoms with E-state index in [0.717, 1.165) is 69.6 Å². The van der Waals surface area contributed by atoms with Crippen molar-refractivity contribution < 1.29 is 28.6 Å². The Kier molecular flexibility index (Phi) is 43.7. The third-order valence-corrected chi connectivity index (χ3v) is 11.7. The molecule has 0 aromatic heterocycles. The maximum absolute atomic E-state index is 12.7. The van der Waals surface area contributed by atoms with Crippen LogP contribution >= 0.6 is 0 Å². The first-order valence-corrected chi connectivity index (χ1v) is 25.7. The summed E-state index contributed by atoms with van der Waals surface area (Å²) < 4.78 is 16.8. The number of hydrogen-bond acceptors (Lipinski definition) is 6. The highest BCUT2D eigenvalue weighted by Gasteiger charge is 2.19. The van der Waals surface area contributed by atoms with Gasteiger partial charge in [0.25, 0.3) is 0 Å². The van der Waals surface area contributed by atoms with Gasteiger partial charge in [0.2, 0.25) is 0 Å². The lowest BCUT2D eigenvalue weighted by Crippen LogP contribution is -2.30. The Morgan fingerprint density at radius 2 is 0.569 bits per heavy atom. The van der Waals surface area contributed by atoms with E-state index in [1.165, 1.54) is 173 Å². The predicted octanol–water partition coefficient (Wildman–Crippen LogP) is 16.5. The molecular weight excluding hydrogens is 721 g/mol. The molecule has 6 heteroatoms. The van der Waals surface area contributed by atoms with Crippen LogP contribution < -0.4 is 0 Å². The first kappa shape index (κ1) is 56.4. The zero-order valence-electron chi connectivity index (χ0n) is 39.7. The molecule has 0 aliphatic carbocycles. The van der Waals surface area contributed by atoms with E-state index < -0.39 is 6.10 Å². The second-order valence-electron chi connectivity index (χ2n) is 18.8. The van der Waals surface area contributed by atoms with Crippen LogP contribution in [0.2, 0.25) is 0 Å². The van der Waals surface area contributed by atoms with Gasteiger partial charge in [0.15, 0.2) is 6.10 Å². The first-order chi connectivity index (χ1) is 28.2. The average Bonchev–Trinajstić information content (AvgIpc) is 3.19. The summed E-state index contributed by atoms with van der Waals surface area (Å²) in [5.41, 5.74) is 0. The van der Waals surface area contributed by atoms with E-state index in [1.54, 1.807) is 0 Å². The number of carbonyl (C=O) groups is 3. The zero-order valence-corrected chi connectivity index (χ0v) is 39.7. The fourth-order valence-corrected chi connectivity index (χ4v) is 7.81. The van der Waals surface area contributed by atoms with Crippen LogP contribution in [0.1, 0.15) is 285 Å². The van der Waals surface area contributed by atoms with Crippen LogP contribution in [0.3, 0.4) is 0 Å². The fraction of sp³-hybridized carbons (Fsp3) is 0.942. The van der Waals surface area contributed by atoms with Gasteiger partial charge in [-0.3, -0.25) is 14.4 Å². The Hall–Kier alpha value is -1.59. The van der Waals surface area contributed by atoms with Crippen molar-refractivity contribution in [2.45, 2.75) is 291 Å². The quantitative estimate of drug-likeness (QED) is 0.0346. The summed E-state index contributed by atoms with van der Waals surface area (Å²) in [6.45, 7) is 11.4. The Balaban J connectivity index is 4.24. The molecule has 0 aromatic carbocycles. The number of rotatable bonds is 46. The van der Waals surface area contributed by atoms with Crippen LogP contribution in [0.25, 0.3) is 0 Å². The molecule has 0 spiro atoms. The zero-order chi connectivity index (χ0) is 42.6. The van der Waals surface area contributed by atoms with Crippen molar-refractivity contribution >= 4 is 17.9 Å². The largest absolute Gasteiger partial charge is 0.462 e. The lowest BCUT2D eigenvalue weighted by molar-refractivity contribution is -0.167. The number of esters is 3. The summed E-state index contributed by atoms with van der Waals surface area (Å²) in [6, 6.07) is 0. The summed E-state index contributed by atoms with van der Waals surface area (Å²) in [7, 11) is 0. The number of carbonyl (C=O) groups excluding carboxylic acids is 3. The molecule has 0 fully saturated rings. The third kappa shape index (κ3) is 45.5. The van der Waals surface area contributed by atoms with Gasteiger partial charge in [0.1, 0.15) is 13.2 Å². The van der Waals surface area contributed by atoms with E-state index >= 15 is 0 Å². The van der Waals surface area contributed by atoms with Gasteiger partial charge < -0.3 is 14.2 Å². The topological polar surface area (TPSA) is 78.9 Å². The maximum atomic E-state index is 12.7. The average molecular weight is 821 g/mol. The molecule has 0 amide bonds. The number of hydrogen-bond donors (Lipinski definition) is 0. The Labute approximate surface area is 361 Å². The monoisotopic (exact) mass is 821 g/mol. The maximum Gasteiger partial charge on any atom is 0.306 e. The predicted molar refractivity (Wildman–Crippen MR) is 247 cm³/mol. The summed E-state index contributed by atoms with van der Waals surface area (Å²) in [6.07, 6.45) is 45.2. The molecule has 0 saturated carbocycles. The van der Waals surface area contributed by atoms with Crippen LogP contribution in [0.15, 0.2) is 0 Å². The van der Waals surface area contributed by atoms with Gasteiger partial charge in [0, 0.05) is 19.3 Å². The fourth-order valence-electron chi connectivity index (χ4n) is 7.81. The van der Waals surface area contributed by atoms with Gasteiger partial charge >= 0.3 is 17.9 Å². The molecule has 0 N–H and O–H groups in total. The molecule has 0 rings (SSSR count). The molecule has 344 valence electrons. The van der Waals surface area contributed by atoms with Crippen molar-refractivity contribution in [3.63, 3.8) is 0 Å². The van der Waals surface area contributed by atoms with E-state index in [4.69, 9.17) is 14.2 Å². The van der Waals surface area contributed by atoms with Crippen LogP contribution in [0, 0.1) is 11.8 Å². The van der Waals surface area contributed by atoms with Crippen LogP contribution in [0.4, 0.5) is 0 Å². The summed E-state index contributed by atoms with van der Waals surface area (Å²) in [5.74, 6) is 0.823. The highest BCUT2D eigenvalue weighted by atomic mass is 16.6. The lowest BCUT2D eigenvalue weighted by Gasteiger charge is -2.18. The van der Waals surface area contributed by atoms with Gasteiger partial charge in [-0.2, -0.15) is 0 Å².